The molecule has 0 aliphatic heterocycles. The van der Waals surface area contributed by atoms with Crippen LogP contribution in [0.5, 0.6) is 5.75 Å². The second-order valence-electron chi connectivity index (χ2n) is 5.54. The lowest BCUT2D eigenvalue weighted by Crippen LogP contribution is -2.25. The van der Waals surface area contributed by atoms with E-state index in [-0.39, 0.29) is 0 Å². The van der Waals surface area contributed by atoms with Crippen LogP contribution in [0.4, 0.5) is 0 Å². The van der Waals surface area contributed by atoms with Gasteiger partial charge in [-0.3, -0.25) is 0 Å². The van der Waals surface area contributed by atoms with E-state index in [0.29, 0.717) is 12.6 Å². The molecule has 1 heterocycles. The van der Waals surface area contributed by atoms with Gasteiger partial charge in [0.05, 0.1) is 0 Å². The molecule has 0 spiro atoms. The van der Waals surface area contributed by atoms with Crippen molar-refractivity contribution in [2.75, 3.05) is 6.54 Å². The summed E-state index contributed by atoms with van der Waals surface area (Å²) in [5, 5.41) is 7.54. The molecule has 0 saturated heterocycles. The summed E-state index contributed by atoms with van der Waals surface area (Å²) in [5.74, 6) is 1.80. The minimum absolute atomic E-state index is 0.455. The summed E-state index contributed by atoms with van der Waals surface area (Å²) < 4.78 is 11.1. The lowest BCUT2D eigenvalue weighted by atomic mass is 9.87. The topological polar surface area (TPSA) is 47.3 Å². The highest BCUT2D eigenvalue weighted by Gasteiger charge is 2.22. The van der Waals surface area contributed by atoms with Crippen molar-refractivity contribution in [3.05, 3.63) is 46.8 Å². The van der Waals surface area contributed by atoms with Gasteiger partial charge >= 0.3 is 0 Å². The minimum Gasteiger partial charge on any atom is -0.487 e. The molecule has 0 saturated carbocycles. The summed E-state index contributed by atoms with van der Waals surface area (Å²) in [6, 6.07) is 8.72. The molecule has 2 aromatic rings. The summed E-state index contributed by atoms with van der Waals surface area (Å²) in [5.41, 5.74) is 3.57. The number of nitrogens with one attached hydrogen (secondary N) is 1. The quantitative estimate of drug-likeness (QED) is 0.913. The summed E-state index contributed by atoms with van der Waals surface area (Å²) >= 11 is 0. The number of benzene rings is 1. The average molecular weight is 286 g/mol. The molecule has 1 aromatic heterocycles. The van der Waals surface area contributed by atoms with Crippen LogP contribution in [0, 0.1) is 6.92 Å². The highest BCUT2D eigenvalue weighted by atomic mass is 16.5. The number of hydrogen-bond donors (Lipinski definition) is 1. The lowest BCUT2D eigenvalue weighted by Gasteiger charge is -2.27. The first-order valence-electron chi connectivity index (χ1n) is 7.68. The number of fused-ring (bicyclic) bond motifs is 1. The van der Waals surface area contributed by atoms with Crippen LogP contribution < -0.4 is 10.1 Å². The average Bonchev–Trinajstić information content (AvgIpc) is 2.91. The number of aromatic nitrogens is 1. The molecular weight excluding hydrogens is 264 g/mol. The largest absolute Gasteiger partial charge is 0.487 e. The van der Waals surface area contributed by atoms with Gasteiger partial charge in [0.25, 0.3) is 0 Å². The molecule has 0 amide bonds. The smallest absolute Gasteiger partial charge is 0.134 e. The van der Waals surface area contributed by atoms with Crippen molar-refractivity contribution in [2.24, 2.45) is 0 Å². The van der Waals surface area contributed by atoms with Crippen molar-refractivity contribution in [2.45, 2.75) is 45.8 Å². The van der Waals surface area contributed by atoms with E-state index in [1.165, 1.54) is 24.0 Å². The number of rotatable bonds is 5. The van der Waals surface area contributed by atoms with Crippen molar-refractivity contribution in [1.82, 2.24) is 10.5 Å². The molecule has 0 fully saturated rings. The predicted octanol–water partition coefficient (Wildman–Crippen LogP) is 3.55. The molecule has 4 heteroatoms. The van der Waals surface area contributed by atoms with Gasteiger partial charge in [0.15, 0.2) is 0 Å². The molecule has 1 aromatic carbocycles. The van der Waals surface area contributed by atoms with E-state index >= 15 is 0 Å². The summed E-state index contributed by atoms with van der Waals surface area (Å²) in [6.07, 6.45) is 3.49. The second kappa shape index (κ2) is 6.31. The van der Waals surface area contributed by atoms with E-state index in [0.717, 1.165) is 30.2 Å². The highest BCUT2D eigenvalue weighted by Crippen LogP contribution is 2.35. The fourth-order valence-electron chi connectivity index (χ4n) is 3.05. The Morgan fingerprint density at radius 1 is 1.43 bits per heavy atom. The second-order valence-corrected chi connectivity index (χ2v) is 5.54. The third-order valence-corrected chi connectivity index (χ3v) is 3.97. The van der Waals surface area contributed by atoms with Crippen LogP contribution in [-0.2, 0) is 13.0 Å². The van der Waals surface area contributed by atoms with Crippen molar-refractivity contribution in [3.8, 4) is 5.75 Å². The monoisotopic (exact) mass is 286 g/mol. The Balaban J connectivity index is 1.78. The number of hydrogen-bond acceptors (Lipinski definition) is 4. The van der Waals surface area contributed by atoms with Crippen molar-refractivity contribution >= 4 is 0 Å². The van der Waals surface area contributed by atoms with Gasteiger partial charge in [-0.25, -0.2) is 0 Å². The molecule has 1 aliphatic carbocycles. The van der Waals surface area contributed by atoms with Crippen LogP contribution in [0.15, 0.2) is 28.8 Å². The van der Waals surface area contributed by atoms with Crippen LogP contribution in [0.3, 0.4) is 0 Å². The predicted molar refractivity (Wildman–Crippen MR) is 81.4 cm³/mol. The van der Waals surface area contributed by atoms with Gasteiger partial charge in [-0.05, 0) is 49.9 Å². The fourth-order valence-corrected chi connectivity index (χ4v) is 3.05. The molecular formula is C17H22N2O2. The van der Waals surface area contributed by atoms with E-state index in [4.69, 9.17) is 9.26 Å². The lowest BCUT2D eigenvalue weighted by molar-refractivity contribution is 0.282. The van der Waals surface area contributed by atoms with Gasteiger partial charge in [-0.2, -0.15) is 0 Å². The van der Waals surface area contributed by atoms with E-state index in [9.17, 15) is 0 Å². The molecule has 4 nitrogen and oxygen atoms in total. The zero-order chi connectivity index (χ0) is 14.7. The maximum absolute atomic E-state index is 5.98. The van der Waals surface area contributed by atoms with Crippen LogP contribution in [0.1, 0.15) is 48.4 Å². The van der Waals surface area contributed by atoms with Gasteiger partial charge < -0.3 is 14.6 Å². The van der Waals surface area contributed by atoms with Gasteiger partial charge in [0.1, 0.15) is 23.8 Å². The van der Waals surface area contributed by atoms with E-state index in [1.807, 2.05) is 13.0 Å². The molecule has 1 atom stereocenters. The SMILES string of the molecule is CCNC1CCCc2c(OCc3cc(C)on3)cccc21. The van der Waals surface area contributed by atoms with E-state index < -0.39 is 0 Å². The van der Waals surface area contributed by atoms with Crippen molar-refractivity contribution < 1.29 is 9.26 Å². The van der Waals surface area contributed by atoms with E-state index in [1.54, 1.807) is 0 Å². The van der Waals surface area contributed by atoms with Gasteiger partial charge in [-0.15, -0.1) is 0 Å². The van der Waals surface area contributed by atoms with E-state index in [2.05, 4.69) is 35.6 Å². The summed E-state index contributed by atoms with van der Waals surface area (Å²) in [7, 11) is 0. The molecule has 1 aliphatic rings. The molecule has 0 bridgehead atoms. The first kappa shape index (κ1) is 14.1. The maximum atomic E-state index is 5.98. The zero-order valence-electron chi connectivity index (χ0n) is 12.7. The van der Waals surface area contributed by atoms with Crippen molar-refractivity contribution in [1.29, 1.82) is 0 Å². The molecule has 1 N–H and O–H groups in total. The Morgan fingerprint density at radius 2 is 2.33 bits per heavy atom. The molecule has 21 heavy (non-hydrogen) atoms. The Bertz CT molecular complexity index is 607. The Kier molecular flexibility index (Phi) is 4.25. The summed E-state index contributed by atoms with van der Waals surface area (Å²) in [6.45, 7) is 5.50. The Hall–Kier alpha value is -1.81. The van der Waals surface area contributed by atoms with Crippen LogP contribution >= 0.6 is 0 Å². The third-order valence-electron chi connectivity index (χ3n) is 3.97. The molecule has 112 valence electrons. The first-order valence-corrected chi connectivity index (χ1v) is 7.68. The zero-order valence-corrected chi connectivity index (χ0v) is 12.7. The molecule has 1 unspecified atom stereocenters. The van der Waals surface area contributed by atoms with Crippen molar-refractivity contribution in [3.63, 3.8) is 0 Å². The van der Waals surface area contributed by atoms with Crippen LogP contribution in [-0.4, -0.2) is 11.7 Å². The fraction of sp³-hybridized carbons (Fsp3) is 0.471. The minimum atomic E-state index is 0.455. The first-order chi connectivity index (χ1) is 10.3. The highest BCUT2D eigenvalue weighted by molar-refractivity contribution is 5.43. The van der Waals surface area contributed by atoms with Crippen LogP contribution in [0.25, 0.3) is 0 Å². The van der Waals surface area contributed by atoms with Crippen LogP contribution in [0.2, 0.25) is 0 Å². The van der Waals surface area contributed by atoms with Gasteiger partial charge in [0.2, 0.25) is 0 Å². The maximum Gasteiger partial charge on any atom is 0.134 e. The third kappa shape index (κ3) is 3.10. The van der Waals surface area contributed by atoms with Gasteiger partial charge in [0, 0.05) is 12.1 Å². The normalized spacial score (nSPS) is 17.5. The Labute approximate surface area is 125 Å². The number of ether oxygens (including phenoxy) is 1. The molecule has 3 rings (SSSR count). The number of aryl methyl sites for hydroxylation is 1. The molecule has 0 radical (unpaired) electrons. The number of nitrogens with zero attached hydrogens (tertiary/aromatic N) is 1. The summed E-state index contributed by atoms with van der Waals surface area (Å²) in [4.78, 5) is 0. The Morgan fingerprint density at radius 3 is 3.10 bits per heavy atom. The van der Waals surface area contributed by atoms with Gasteiger partial charge in [-0.1, -0.05) is 24.2 Å². The standard InChI is InChI=1S/C17H22N2O2/c1-3-18-16-8-4-7-15-14(16)6-5-9-17(15)20-11-13-10-12(2)21-19-13/h5-6,9-10,16,18H,3-4,7-8,11H2,1-2H3.